The fraction of sp³-hybridized carbons (Fsp3) is 0. The molecule has 19 heavy (non-hydrogen) atoms. The van der Waals surface area contributed by atoms with Crippen molar-refractivity contribution >= 4 is 43.4 Å². The van der Waals surface area contributed by atoms with Crippen LogP contribution in [0.15, 0.2) is 51.4 Å². The molecule has 0 heterocycles. The van der Waals surface area contributed by atoms with Crippen molar-refractivity contribution in [2.45, 2.75) is 0 Å². The van der Waals surface area contributed by atoms with E-state index in [9.17, 15) is 4.79 Å². The molecule has 0 fully saturated rings. The second kappa shape index (κ2) is 4.62. The van der Waals surface area contributed by atoms with E-state index in [4.69, 9.17) is 5.11 Å². The number of carboxylic acid groups (broad SMARTS) is 1. The Kier molecular flexibility index (Phi) is 3.07. The summed E-state index contributed by atoms with van der Waals surface area (Å²) in [6, 6.07) is 11.9. The van der Waals surface area contributed by atoms with E-state index in [-0.39, 0.29) is 0 Å². The Labute approximate surface area is 127 Å². The highest BCUT2D eigenvalue weighted by molar-refractivity contribution is 9.10. The Bertz CT molecular complexity index is 679. The second-order valence-electron chi connectivity index (χ2n) is 4.28. The Balaban J connectivity index is 2.35. The average molecular weight is 380 g/mol. The zero-order chi connectivity index (χ0) is 13.6. The highest BCUT2D eigenvalue weighted by Crippen LogP contribution is 2.45. The van der Waals surface area contributed by atoms with Crippen LogP contribution < -0.4 is 0 Å². The predicted molar refractivity (Wildman–Crippen MR) is 82.0 cm³/mol. The molecule has 4 heteroatoms. The van der Waals surface area contributed by atoms with Crippen molar-refractivity contribution < 1.29 is 9.90 Å². The van der Waals surface area contributed by atoms with Gasteiger partial charge >= 0.3 is 5.97 Å². The van der Waals surface area contributed by atoms with E-state index < -0.39 is 5.97 Å². The molecule has 3 rings (SSSR count). The van der Waals surface area contributed by atoms with Crippen LogP contribution >= 0.6 is 31.9 Å². The first kappa shape index (κ1) is 12.6. The standard InChI is InChI=1S/C15H8Br2O2/c16-8-1-3-10-11-4-2-9(17)6-13(11)14(7-15(18)19)12(10)5-8/h1-7H,(H,18,19). The zero-order valence-corrected chi connectivity index (χ0v) is 12.8. The van der Waals surface area contributed by atoms with Gasteiger partial charge in [0.05, 0.1) is 0 Å². The van der Waals surface area contributed by atoms with Crippen molar-refractivity contribution in [3.63, 3.8) is 0 Å². The van der Waals surface area contributed by atoms with Crippen LogP contribution in [0.25, 0.3) is 16.7 Å². The van der Waals surface area contributed by atoms with Crippen LogP contribution in [-0.4, -0.2) is 11.1 Å². The number of hydrogen-bond donors (Lipinski definition) is 1. The Morgan fingerprint density at radius 1 is 0.895 bits per heavy atom. The summed E-state index contributed by atoms with van der Waals surface area (Å²) in [5.41, 5.74) is 4.78. The van der Waals surface area contributed by atoms with Crippen molar-refractivity contribution in [2.24, 2.45) is 0 Å². The van der Waals surface area contributed by atoms with Gasteiger partial charge in [0.25, 0.3) is 0 Å². The van der Waals surface area contributed by atoms with Gasteiger partial charge in [-0.05, 0) is 52.1 Å². The van der Waals surface area contributed by atoms with Crippen LogP contribution in [0.4, 0.5) is 0 Å². The molecule has 0 aromatic heterocycles. The number of benzene rings is 2. The summed E-state index contributed by atoms with van der Waals surface area (Å²) >= 11 is 6.87. The van der Waals surface area contributed by atoms with E-state index in [0.29, 0.717) is 0 Å². The number of fused-ring (bicyclic) bond motifs is 3. The first-order valence-corrected chi connectivity index (χ1v) is 7.20. The molecule has 1 aliphatic rings. The molecule has 0 saturated heterocycles. The van der Waals surface area contributed by atoms with Gasteiger partial charge in [-0.1, -0.05) is 44.0 Å². The SMILES string of the molecule is O=C(O)C=C1c2cc(Br)ccc2-c2ccc(Br)cc21. The minimum atomic E-state index is -0.936. The smallest absolute Gasteiger partial charge is 0.328 e. The average Bonchev–Trinajstić information content (AvgIpc) is 2.62. The maximum absolute atomic E-state index is 11.0. The molecule has 0 amide bonds. The number of carboxylic acids is 1. The van der Waals surface area contributed by atoms with Gasteiger partial charge in [-0.2, -0.15) is 0 Å². The van der Waals surface area contributed by atoms with Crippen LogP contribution in [0, 0.1) is 0 Å². The summed E-state index contributed by atoms with van der Waals surface area (Å²) in [5, 5.41) is 9.06. The first-order chi connectivity index (χ1) is 9.06. The largest absolute Gasteiger partial charge is 0.478 e. The van der Waals surface area contributed by atoms with Gasteiger partial charge in [0.1, 0.15) is 0 Å². The molecular formula is C15H8Br2O2. The second-order valence-corrected chi connectivity index (χ2v) is 6.11. The highest BCUT2D eigenvalue weighted by Gasteiger charge is 2.24. The third-order valence-electron chi connectivity index (χ3n) is 3.10. The fourth-order valence-corrected chi connectivity index (χ4v) is 3.09. The van der Waals surface area contributed by atoms with Crippen molar-refractivity contribution in [1.29, 1.82) is 0 Å². The molecule has 0 saturated carbocycles. The lowest BCUT2D eigenvalue weighted by molar-refractivity contribution is -0.131. The number of halogens is 2. The number of aliphatic carboxylic acids is 1. The molecule has 0 aliphatic heterocycles. The third-order valence-corrected chi connectivity index (χ3v) is 4.09. The molecule has 2 aromatic rings. The summed E-state index contributed by atoms with van der Waals surface area (Å²) in [7, 11) is 0. The minimum Gasteiger partial charge on any atom is -0.478 e. The summed E-state index contributed by atoms with van der Waals surface area (Å²) in [6.07, 6.45) is 1.27. The molecule has 1 N–H and O–H groups in total. The maximum atomic E-state index is 11.0. The molecule has 1 aliphatic carbocycles. The van der Waals surface area contributed by atoms with Crippen molar-refractivity contribution in [3.8, 4) is 11.1 Å². The lowest BCUT2D eigenvalue weighted by atomic mass is 10.0. The zero-order valence-electron chi connectivity index (χ0n) is 9.65. The van der Waals surface area contributed by atoms with Crippen molar-refractivity contribution in [3.05, 3.63) is 62.5 Å². The van der Waals surface area contributed by atoms with Crippen LogP contribution in [0.1, 0.15) is 11.1 Å². The Hall–Kier alpha value is -1.39. The summed E-state index contributed by atoms with van der Waals surface area (Å²) in [4.78, 5) is 11.0. The van der Waals surface area contributed by atoms with Crippen molar-refractivity contribution in [2.75, 3.05) is 0 Å². The van der Waals surface area contributed by atoms with Gasteiger partial charge in [0.2, 0.25) is 0 Å². The Morgan fingerprint density at radius 2 is 1.37 bits per heavy atom. The van der Waals surface area contributed by atoms with Crippen LogP contribution in [-0.2, 0) is 4.79 Å². The summed E-state index contributed by atoms with van der Waals surface area (Å²) in [5.74, 6) is -0.936. The van der Waals surface area contributed by atoms with E-state index in [2.05, 4.69) is 31.9 Å². The number of carbonyl (C=O) groups is 1. The van der Waals surface area contributed by atoms with Gasteiger partial charge in [-0.3, -0.25) is 0 Å². The van der Waals surface area contributed by atoms with Gasteiger partial charge in [-0.15, -0.1) is 0 Å². The molecule has 2 nitrogen and oxygen atoms in total. The normalized spacial score (nSPS) is 12.0. The number of hydrogen-bond acceptors (Lipinski definition) is 1. The fourth-order valence-electron chi connectivity index (χ4n) is 2.37. The summed E-state index contributed by atoms with van der Waals surface area (Å²) < 4.78 is 1.88. The minimum absolute atomic E-state index is 0.750. The van der Waals surface area contributed by atoms with E-state index >= 15 is 0 Å². The van der Waals surface area contributed by atoms with Crippen molar-refractivity contribution in [1.82, 2.24) is 0 Å². The van der Waals surface area contributed by atoms with Crippen LogP contribution in [0.5, 0.6) is 0 Å². The van der Waals surface area contributed by atoms with E-state index in [0.717, 1.165) is 36.8 Å². The number of rotatable bonds is 1. The molecule has 0 spiro atoms. The molecular weight excluding hydrogens is 372 g/mol. The molecule has 2 aromatic carbocycles. The monoisotopic (exact) mass is 378 g/mol. The topological polar surface area (TPSA) is 37.3 Å². The quantitative estimate of drug-likeness (QED) is 0.621. The molecule has 0 atom stereocenters. The third kappa shape index (κ3) is 2.15. The van der Waals surface area contributed by atoms with Crippen LogP contribution in [0.3, 0.4) is 0 Å². The first-order valence-electron chi connectivity index (χ1n) is 5.61. The predicted octanol–water partition coefficient (Wildman–Crippen LogP) is 4.71. The molecule has 0 bridgehead atoms. The van der Waals surface area contributed by atoms with Gasteiger partial charge < -0.3 is 5.11 Å². The molecule has 0 radical (unpaired) electrons. The molecule has 0 unspecified atom stereocenters. The van der Waals surface area contributed by atoms with E-state index in [1.165, 1.54) is 6.08 Å². The Morgan fingerprint density at radius 3 is 1.79 bits per heavy atom. The van der Waals surface area contributed by atoms with E-state index in [1.54, 1.807) is 0 Å². The summed E-state index contributed by atoms with van der Waals surface area (Å²) in [6.45, 7) is 0. The lowest BCUT2D eigenvalue weighted by Gasteiger charge is -2.02. The van der Waals surface area contributed by atoms with Crippen LogP contribution in [0.2, 0.25) is 0 Å². The van der Waals surface area contributed by atoms with Gasteiger partial charge in [0, 0.05) is 15.0 Å². The van der Waals surface area contributed by atoms with Gasteiger partial charge in [0.15, 0.2) is 0 Å². The van der Waals surface area contributed by atoms with Gasteiger partial charge in [-0.25, -0.2) is 4.79 Å². The maximum Gasteiger partial charge on any atom is 0.328 e. The molecule has 94 valence electrons. The highest BCUT2D eigenvalue weighted by atomic mass is 79.9. The lowest BCUT2D eigenvalue weighted by Crippen LogP contribution is -1.91. The van der Waals surface area contributed by atoms with E-state index in [1.807, 2.05) is 36.4 Å².